The van der Waals surface area contributed by atoms with Gasteiger partial charge in [-0.3, -0.25) is 0 Å². The molecule has 266 valence electrons. The molecule has 0 amide bonds. The molecule has 52 heavy (non-hydrogen) atoms. The SMILES string of the molecule is Cc1ccccc1OP(=O)(Oc1ccc(-c2ccc(OP(=O)(Oc3ccccc3C)Oc3c(C)cccc3C)cc2)cc1)Oc1c(C)cccc1C. The van der Waals surface area contributed by atoms with E-state index in [0.717, 1.165) is 44.5 Å². The zero-order valence-electron chi connectivity index (χ0n) is 29.9. The average Bonchev–Trinajstić information content (AvgIpc) is 3.11. The Morgan fingerprint density at radius 3 is 0.962 bits per heavy atom. The molecule has 0 saturated carbocycles. The number of phosphoric acid groups is 2. The minimum atomic E-state index is -4.21. The zero-order valence-corrected chi connectivity index (χ0v) is 31.7. The van der Waals surface area contributed by atoms with Gasteiger partial charge in [0.15, 0.2) is 0 Å². The van der Waals surface area contributed by atoms with Gasteiger partial charge in [0, 0.05) is 0 Å². The van der Waals surface area contributed by atoms with Crippen LogP contribution in [0.15, 0.2) is 133 Å². The van der Waals surface area contributed by atoms with Crippen molar-refractivity contribution in [1.82, 2.24) is 0 Å². The van der Waals surface area contributed by atoms with Crippen LogP contribution in [-0.4, -0.2) is 0 Å². The molecule has 0 heterocycles. The summed E-state index contributed by atoms with van der Waals surface area (Å²) < 4.78 is 64.5. The second kappa shape index (κ2) is 15.4. The number of phosphoric ester groups is 2. The highest BCUT2D eigenvalue weighted by atomic mass is 31.2. The van der Waals surface area contributed by atoms with E-state index in [1.165, 1.54) is 0 Å². The summed E-state index contributed by atoms with van der Waals surface area (Å²) in [6.07, 6.45) is 0. The van der Waals surface area contributed by atoms with E-state index >= 15 is 0 Å². The summed E-state index contributed by atoms with van der Waals surface area (Å²) in [6.45, 7) is 11.2. The molecule has 2 unspecified atom stereocenters. The Balaban J connectivity index is 1.22. The van der Waals surface area contributed by atoms with E-state index in [0.29, 0.717) is 34.5 Å². The van der Waals surface area contributed by atoms with Gasteiger partial charge in [0.1, 0.15) is 34.5 Å². The normalized spacial score (nSPS) is 13.3. The first-order valence-electron chi connectivity index (χ1n) is 16.7. The first-order valence-corrected chi connectivity index (χ1v) is 19.6. The maximum absolute atomic E-state index is 14.2. The van der Waals surface area contributed by atoms with Gasteiger partial charge in [-0.15, -0.1) is 0 Å². The summed E-state index contributed by atoms with van der Waals surface area (Å²) in [7, 11) is -8.41. The van der Waals surface area contributed by atoms with Crippen molar-refractivity contribution < 1.29 is 36.3 Å². The van der Waals surface area contributed by atoms with Crippen molar-refractivity contribution in [2.75, 3.05) is 0 Å². The van der Waals surface area contributed by atoms with Crippen LogP contribution in [0.4, 0.5) is 0 Å². The highest BCUT2D eigenvalue weighted by Crippen LogP contribution is 2.53. The summed E-state index contributed by atoms with van der Waals surface area (Å²) in [5, 5.41) is 0. The Kier molecular flexibility index (Phi) is 10.8. The highest BCUT2D eigenvalue weighted by molar-refractivity contribution is 7.50. The predicted molar refractivity (Wildman–Crippen MR) is 205 cm³/mol. The summed E-state index contributed by atoms with van der Waals surface area (Å²) >= 11 is 0. The Morgan fingerprint density at radius 1 is 0.327 bits per heavy atom. The highest BCUT2D eigenvalue weighted by Gasteiger charge is 2.36. The van der Waals surface area contributed by atoms with E-state index in [1.807, 2.05) is 126 Å². The van der Waals surface area contributed by atoms with Crippen LogP contribution in [0, 0.1) is 41.5 Å². The fourth-order valence-electron chi connectivity index (χ4n) is 5.46. The van der Waals surface area contributed by atoms with E-state index in [1.54, 1.807) is 48.5 Å². The lowest BCUT2D eigenvalue weighted by atomic mass is 10.1. The minimum absolute atomic E-state index is 0.296. The molecule has 0 bridgehead atoms. The molecule has 6 rings (SSSR count). The quantitative estimate of drug-likeness (QED) is 0.108. The molecule has 8 nitrogen and oxygen atoms in total. The number of hydrogen-bond donors (Lipinski definition) is 0. The minimum Gasteiger partial charge on any atom is -0.386 e. The summed E-state index contributed by atoms with van der Waals surface area (Å²) in [5.41, 5.74) is 6.46. The third kappa shape index (κ3) is 8.71. The second-order valence-electron chi connectivity index (χ2n) is 12.5. The van der Waals surface area contributed by atoms with Gasteiger partial charge in [0.2, 0.25) is 0 Å². The smallest absolute Gasteiger partial charge is 0.386 e. The number of benzene rings is 6. The van der Waals surface area contributed by atoms with E-state index in [9.17, 15) is 9.13 Å². The van der Waals surface area contributed by atoms with Crippen LogP contribution < -0.4 is 27.1 Å². The number of para-hydroxylation sites is 4. The lowest BCUT2D eigenvalue weighted by Gasteiger charge is -2.22. The van der Waals surface area contributed by atoms with Crippen LogP contribution in [0.2, 0.25) is 0 Å². The van der Waals surface area contributed by atoms with Crippen LogP contribution in [0.5, 0.6) is 34.5 Å². The molecule has 0 aromatic heterocycles. The molecule has 0 saturated heterocycles. The van der Waals surface area contributed by atoms with Crippen molar-refractivity contribution in [2.45, 2.75) is 41.5 Å². The van der Waals surface area contributed by atoms with Crippen LogP contribution in [0.3, 0.4) is 0 Å². The van der Waals surface area contributed by atoms with Gasteiger partial charge in [-0.1, -0.05) is 97.1 Å². The molecule has 0 aliphatic heterocycles. The van der Waals surface area contributed by atoms with Crippen LogP contribution in [-0.2, 0) is 9.13 Å². The molecule has 0 spiro atoms. The van der Waals surface area contributed by atoms with Gasteiger partial charge in [0.25, 0.3) is 0 Å². The first kappa shape index (κ1) is 36.4. The lowest BCUT2D eigenvalue weighted by Crippen LogP contribution is -2.09. The largest absolute Gasteiger partial charge is 0.647 e. The van der Waals surface area contributed by atoms with E-state index in [-0.39, 0.29) is 0 Å². The van der Waals surface area contributed by atoms with Crippen molar-refractivity contribution in [3.8, 4) is 45.6 Å². The Labute approximate surface area is 305 Å². The predicted octanol–water partition coefficient (Wildman–Crippen LogP) is 12.5. The fraction of sp³-hybridized carbons (Fsp3) is 0.143. The van der Waals surface area contributed by atoms with Crippen molar-refractivity contribution in [3.05, 3.63) is 167 Å². The number of rotatable bonds is 13. The summed E-state index contributed by atoms with van der Waals surface area (Å²) in [5.74, 6) is 2.25. The average molecular weight is 735 g/mol. The molecule has 10 heteroatoms. The third-order valence-electron chi connectivity index (χ3n) is 8.31. The van der Waals surface area contributed by atoms with Crippen molar-refractivity contribution >= 4 is 15.6 Å². The maximum Gasteiger partial charge on any atom is 0.647 e. The van der Waals surface area contributed by atoms with Crippen LogP contribution in [0.25, 0.3) is 11.1 Å². The lowest BCUT2D eigenvalue weighted by molar-refractivity contribution is 0.294. The van der Waals surface area contributed by atoms with Gasteiger partial charge in [-0.05, 0) is 122 Å². The monoisotopic (exact) mass is 734 g/mol. The summed E-state index contributed by atoms with van der Waals surface area (Å²) in [4.78, 5) is 0. The van der Waals surface area contributed by atoms with Crippen LogP contribution >= 0.6 is 15.6 Å². The van der Waals surface area contributed by atoms with Gasteiger partial charge in [0.05, 0.1) is 0 Å². The third-order valence-corrected chi connectivity index (χ3v) is 10.8. The molecule has 6 aromatic carbocycles. The Hall–Kier alpha value is -5.42. The summed E-state index contributed by atoms with van der Waals surface area (Å²) in [6, 6.07) is 39.9. The topological polar surface area (TPSA) is 89.5 Å². The van der Waals surface area contributed by atoms with Crippen LogP contribution in [0.1, 0.15) is 33.4 Å². The molecule has 2 atom stereocenters. The van der Waals surface area contributed by atoms with E-state index in [2.05, 4.69) is 0 Å². The molecule has 0 N–H and O–H groups in total. The Bertz CT molecular complexity index is 2080. The molecule has 0 aliphatic carbocycles. The van der Waals surface area contributed by atoms with Gasteiger partial charge in [-0.2, -0.15) is 9.13 Å². The maximum atomic E-state index is 14.2. The van der Waals surface area contributed by atoms with Crippen molar-refractivity contribution in [3.63, 3.8) is 0 Å². The molecule has 6 aromatic rings. The Morgan fingerprint density at radius 2 is 0.635 bits per heavy atom. The first-order chi connectivity index (χ1) is 24.9. The second-order valence-corrected chi connectivity index (χ2v) is 15.3. The van der Waals surface area contributed by atoms with E-state index in [4.69, 9.17) is 27.1 Å². The number of hydrogen-bond acceptors (Lipinski definition) is 8. The fourth-order valence-corrected chi connectivity index (χ4v) is 8.35. The molecular formula is C42H40O8P2. The molecule has 0 fully saturated rings. The molecular weight excluding hydrogens is 694 g/mol. The van der Waals surface area contributed by atoms with Gasteiger partial charge in [-0.25, -0.2) is 0 Å². The standard InChI is InChI=1S/C42H40O8P2/c1-29-13-7-9-19-39(29)47-51(43,49-41-31(3)15-11-16-32(41)4)45-37-25-21-35(22-26-37)36-23-27-38(28-24-36)46-52(44,48-40-20-10-8-14-30(40)2)50-42-33(5)17-12-18-34(42)6/h7-28H,1-6H3. The van der Waals surface area contributed by atoms with Gasteiger partial charge < -0.3 is 27.1 Å². The van der Waals surface area contributed by atoms with E-state index < -0.39 is 15.6 Å². The van der Waals surface area contributed by atoms with Gasteiger partial charge >= 0.3 is 15.6 Å². The zero-order chi connectivity index (χ0) is 36.9. The number of aryl methyl sites for hydroxylation is 6. The van der Waals surface area contributed by atoms with Crippen molar-refractivity contribution in [2.24, 2.45) is 0 Å². The molecule has 0 aliphatic rings. The molecule has 0 radical (unpaired) electrons. The van der Waals surface area contributed by atoms with Crippen molar-refractivity contribution in [1.29, 1.82) is 0 Å².